The van der Waals surface area contributed by atoms with E-state index in [4.69, 9.17) is 0 Å². The average Bonchev–Trinajstić information content (AvgIpc) is 2.92. The first-order chi connectivity index (χ1) is 11.9. The van der Waals surface area contributed by atoms with Gasteiger partial charge in [-0.05, 0) is 6.92 Å². The van der Waals surface area contributed by atoms with Crippen LogP contribution in [0.5, 0.6) is 0 Å². The van der Waals surface area contributed by atoms with Crippen molar-refractivity contribution in [1.82, 2.24) is 30.4 Å². The molecule has 2 rings (SSSR count). The number of hydrogen-bond acceptors (Lipinski definition) is 5. The van der Waals surface area contributed by atoms with Gasteiger partial charge in [0.1, 0.15) is 12.1 Å². The number of guanidine groups is 1. The number of aromatic nitrogens is 4. The first kappa shape index (κ1) is 18.7. The number of hydrogen-bond donors (Lipinski definition) is 3. The molecule has 0 saturated carbocycles. The van der Waals surface area contributed by atoms with Crippen LogP contribution in [0.4, 0.5) is 19.0 Å². The second-order valence-corrected chi connectivity index (χ2v) is 5.21. The molecule has 2 aromatic heterocycles. The zero-order chi connectivity index (χ0) is 18.3. The first-order valence-electron chi connectivity index (χ1n) is 7.86. The molecule has 0 saturated heterocycles. The van der Waals surface area contributed by atoms with Gasteiger partial charge in [0.2, 0.25) is 0 Å². The Morgan fingerprint density at radius 1 is 1.24 bits per heavy atom. The molecule has 0 aromatic carbocycles. The predicted molar refractivity (Wildman–Crippen MR) is 89.4 cm³/mol. The molecule has 138 valence electrons. The van der Waals surface area contributed by atoms with Gasteiger partial charge in [0.05, 0.1) is 24.5 Å². The van der Waals surface area contributed by atoms with E-state index in [9.17, 15) is 13.2 Å². The van der Waals surface area contributed by atoms with Crippen LogP contribution in [-0.2, 0) is 7.05 Å². The summed E-state index contributed by atoms with van der Waals surface area (Å²) in [4.78, 5) is 12.2. The third-order valence-corrected chi connectivity index (χ3v) is 3.25. The van der Waals surface area contributed by atoms with Crippen LogP contribution in [0.2, 0.25) is 0 Å². The molecule has 2 aromatic rings. The van der Waals surface area contributed by atoms with E-state index in [1.54, 1.807) is 17.9 Å². The van der Waals surface area contributed by atoms with Crippen LogP contribution in [0, 0.1) is 0 Å². The molecule has 0 radical (unpaired) electrons. The minimum Gasteiger partial charge on any atom is -0.368 e. The summed E-state index contributed by atoms with van der Waals surface area (Å²) in [5.41, 5.74) is 0.715. The lowest BCUT2D eigenvalue weighted by atomic mass is 10.4. The minimum absolute atomic E-state index is 0.311. The van der Waals surface area contributed by atoms with Crippen molar-refractivity contribution in [2.24, 2.45) is 12.0 Å². The lowest BCUT2D eigenvalue weighted by Gasteiger charge is -2.12. The third-order valence-electron chi connectivity index (χ3n) is 3.25. The molecule has 8 nitrogen and oxygen atoms in total. The maximum absolute atomic E-state index is 12.2. The number of fused-ring (bicyclic) bond motifs is 1. The molecule has 2 heterocycles. The molecule has 3 N–H and O–H groups in total. The molecule has 0 fully saturated rings. The van der Waals surface area contributed by atoms with Gasteiger partial charge >= 0.3 is 6.18 Å². The number of anilines is 1. The van der Waals surface area contributed by atoms with Crippen molar-refractivity contribution in [2.75, 3.05) is 31.5 Å². The van der Waals surface area contributed by atoms with Crippen molar-refractivity contribution >= 4 is 22.8 Å². The summed E-state index contributed by atoms with van der Waals surface area (Å²) in [5.74, 6) is 1.00. The Kier molecular flexibility index (Phi) is 6.37. The second-order valence-electron chi connectivity index (χ2n) is 5.21. The van der Waals surface area contributed by atoms with Crippen molar-refractivity contribution in [3.8, 4) is 0 Å². The Morgan fingerprint density at radius 3 is 2.76 bits per heavy atom. The Bertz CT molecular complexity index is 710. The van der Waals surface area contributed by atoms with Crippen LogP contribution >= 0.6 is 0 Å². The fourth-order valence-corrected chi connectivity index (χ4v) is 2.10. The molecule has 11 heteroatoms. The number of nitrogens with zero attached hydrogens (tertiary/aromatic N) is 5. The molecular weight excluding hydrogens is 337 g/mol. The SMILES string of the molecule is CCNC(=NCCC(F)(F)F)NCCNc1ncnc2c1cnn2C. The van der Waals surface area contributed by atoms with Gasteiger partial charge in [-0.2, -0.15) is 18.3 Å². The number of rotatable bonds is 7. The van der Waals surface area contributed by atoms with Crippen LogP contribution in [0.15, 0.2) is 17.5 Å². The van der Waals surface area contributed by atoms with Gasteiger partial charge in [-0.15, -0.1) is 0 Å². The largest absolute Gasteiger partial charge is 0.390 e. The number of aryl methyl sites for hydroxylation is 1. The molecule has 0 spiro atoms. The molecule has 25 heavy (non-hydrogen) atoms. The van der Waals surface area contributed by atoms with E-state index in [0.717, 1.165) is 5.39 Å². The van der Waals surface area contributed by atoms with Crippen molar-refractivity contribution in [1.29, 1.82) is 0 Å². The topological polar surface area (TPSA) is 92.1 Å². The molecule has 0 aliphatic rings. The third kappa shape index (κ3) is 5.76. The minimum atomic E-state index is -4.20. The van der Waals surface area contributed by atoms with Crippen LogP contribution < -0.4 is 16.0 Å². The summed E-state index contributed by atoms with van der Waals surface area (Å²) in [6.07, 6.45) is -2.03. The highest BCUT2D eigenvalue weighted by molar-refractivity contribution is 5.86. The van der Waals surface area contributed by atoms with E-state index in [-0.39, 0.29) is 6.54 Å². The number of alkyl halides is 3. The Morgan fingerprint density at radius 2 is 2.04 bits per heavy atom. The monoisotopic (exact) mass is 358 g/mol. The maximum atomic E-state index is 12.2. The molecule has 0 bridgehead atoms. The number of halogens is 3. The summed E-state index contributed by atoms with van der Waals surface area (Å²) in [5, 5.41) is 14.0. The van der Waals surface area contributed by atoms with Gasteiger partial charge < -0.3 is 16.0 Å². The molecule has 0 amide bonds. The van der Waals surface area contributed by atoms with Crippen LogP contribution in [0.25, 0.3) is 11.0 Å². The van der Waals surface area contributed by atoms with E-state index >= 15 is 0 Å². The van der Waals surface area contributed by atoms with Crippen molar-refractivity contribution < 1.29 is 13.2 Å². The van der Waals surface area contributed by atoms with Gasteiger partial charge in [0, 0.05) is 26.7 Å². The number of nitrogens with one attached hydrogen (secondary N) is 3. The highest BCUT2D eigenvalue weighted by Gasteiger charge is 2.26. The normalized spacial score (nSPS) is 12.4. The second kappa shape index (κ2) is 8.49. The molecular formula is C14H21F3N8. The summed E-state index contributed by atoms with van der Waals surface area (Å²) >= 11 is 0. The highest BCUT2D eigenvalue weighted by atomic mass is 19.4. The summed E-state index contributed by atoms with van der Waals surface area (Å²) < 4.78 is 38.2. The van der Waals surface area contributed by atoms with Crippen molar-refractivity contribution in [2.45, 2.75) is 19.5 Å². The Hall–Kier alpha value is -2.59. The van der Waals surface area contributed by atoms with E-state index in [1.165, 1.54) is 6.33 Å². The summed E-state index contributed by atoms with van der Waals surface area (Å²) in [7, 11) is 1.79. The zero-order valence-electron chi connectivity index (χ0n) is 14.1. The van der Waals surface area contributed by atoms with E-state index < -0.39 is 12.6 Å². The van der Waals surface area contributed by atoms with Crippen molar-refractivity contribution in [3.63, 3.8) is 0 Å². The smallest absolute Gasteiger partial charge is 0.368 e. The molecule has 0 atom stereocenters. The predicted octanol–water partition coefficient (Wildman–Crippen LogP) is 1.28. The summed E-state index contributed by atoms with van der Waals surface area (Å²) in [6, 6.07) is 0. The molecule has 0 unspecified atom stereocenters. The average molecular weight is 358 g/mol. The Labute approximate surface area is 142 Å². The van der Waals surface area contributed by atoms with E-state index in [0.29, 0.717) is 37.1 Å². The van der Waals surface area contributed by atoms with Crippen molar-refractivity contribution in [3.05, 3.63) is 12.5 Å². The van der Waals surface area contributed by atoms with Gasteiger partial charge in [0.15, 0.2) is 11.6 Å². The molecule has 0 aliphatic heterocycles. The zero-order valence-corrected chi connectivity index (χ0v) is 14.1. The first-order valence-corrected chi connectivity index (χ1v) is 7.86. The molecule has 0 aliphatic carbocycles. The van der Waals surface area contributed by atoms with E-state index in [1.807, 2.05) is 6.92 Å². The van der Waals surface area contributed by atoms with Crippen LogP contribution in [-0.4, -0.2) is 58.1 Å². The van der Waals surface area contributed by atoms with Gasteiger partial charge in [-0.1, -0.05) is 0 Å². The van der Waals surface area contributed by atoms with Gasteiger partial charge in [-0.3, -0.25) is 9.67 Å². The fourth-order valence-electron chi connectivity index (χ4n) is 2.10. The summed E-state index contributed by atoms with van der Waals surface area (Å²) in [6.45, 7) is 3.06. The fraction of sp³-hybridized carbons (Fsp3) is 0.571. The maximum Gasteiger partial charge on any atom is 0.390 e. The standard InChI is InChI=1S/C14H21F3N8/c1-3-18-13(20-5-4-14(15,16)17)21-7-6-19-11-10-8-24-25(2)12(10)23-9-22-11/h8-9H,3-7H2,1-2H3,(H2,18,20,21)(H,19,22,23). The number of aliphatic imine (C=N–C) groups is 1. The van der Waals surface area contributed by atoms with E-state index in [2.05, 4.69) is 36.0 Å². The van der Waals surface area contributed by atoms with Gasteiger partial charge in [0.25, 0.3) is 0 Å². The van der Waals surface area contributed by atoms with Gasteiger partial charge in [-0.25, -0.2) is 9.97 Å². The lowest BCUT2D eigenvalue weighted by molar-refractivity contribution is -0.132. The lowest BCUT2D eigenvalue weighted by Crippen LogP contribution is -2.39. The quantitative estimate of drug-likeness (QED) is 0.392. The Balaban J connectivity index is 1.84. The van der Waals surface area contributed by atoms with Crippen LogP contribution in [0.3, 0.4) is 0 Å². The van der Waals surface area contributed by atoms with Crippen LogP contribution in [0.1, 0.15) is 13.3 Å². The highest BCUT2D eigenvalue weighted by Crippen LogP contribution is 2.19.